The SMILES string of the molecule is CCSc1nc2c(c(=O)[nH]1)[C@@H](c1ccc(N(C)C)cc1)[C@@H]1C(=O)CCC=C1N2. The van der Waals surface area contributed by atoms with Crippen LogP contribution in [0.4, 0.5) is 11.5 Å². The number of fused-ring (bicyclic) bond motifs is 2. The number of hydrogen-bond acceptors (Lipinski definition) is 6. The molecule has 2 atom stereocenters. The highest BCUT2D eigenvalue weighted by molar-refractivity contribution is 7.99. The van der Waals surface area contributed by atoms with Gasteiger partial charge >= 0.3 is 0 Å². The van der Waals surface area contributed by atoms with E-state index in [2.05, 4.69) is 21.4 Å². The molecule has 0 saturated heterocycles. The molecule has 6 nitrogen and oxygen atoms in total. The number of carbonyl (C=O) groups excluding carboxylic acids is 1. The number of Topliss-reactive ketones (excluding diaryl/α,β-unsaturated/α-hetero) is 1. The second-order valence-corrected chi connectivity index (χ2v) is 8.55. The van der Waals surface area contributed by atoms with E-state index in [0.29, 0.717) is 23.0 Å². The smallest absolute Gasteiger partial charge is 0.257 e. The van der Waals surface area contributed by atoms with Gasteiger partial charge in [-0.2, -0.15) is 0 Å². The van der Waals surface area contributed by atoms with Crippen LogP contribution in [0.1, 0.15) is 36.8 Å². The molecule has 0 bridgehead atoms. The summed E-state index contributed by atoms with van der Waals surface area (Å²) in [6.45, 7) is 2.02. The van der Waals surface area contributed by atoms with Crippen molar-refractivity contribution in [2.75, 3.05) is 30.1 Å². The highest BCUT2D eigenvalue weighted by Gasteiger charge is 2.42. The van der Waals surface area contributed by atoms with E-state index in [4.69, 9.17) is 0 Å². The Bertz CT molecular complexity index is 994. The van der Waals surface area contributed by atoms with Crippen LogP contribution in [0.3, 0.4) is 0 Å². The van der Waals surface area contributed by atoms with Crippen molar-refractivity contribution < 1.29 is 4.79 Å². The number of ketones is 1. The number of nitrogens with zero attached hydrogens (tertiary/aromatic N) is 2. The molecule has 0 spiro atoms. The molecule has 146 valence electrons. The van der Waals surface area contributed by atoms with Crippen LogP contribution in [0.5, 0.6) is 0 Å². The Kier molecular flexibility index (Phi) is 5.02. The lowest BCUT2D eigenvalue weighted by Gasteiger charge is -2.36. The number of anilines is 2. The van der Waals surface area contributed by atoms with Crippen molar-refractivity contribution >= 4 is 29.1 Å². The summed E-state index contributed by atoms with van der Waals surface area (Å²) in [5.74, 6) is 0.867. The first kappa shape index (κ1) is 18.8. The molecule has 0 saturated carbocycles. The molecule has 0 amide bonds. The van der Waals surface area contributed by atoms with E-state index in [-0.39, 0.29) is 23.2 Å². The van der Waals surface area contributed by atoms with Gasteiger partial charge in [-0.05, 0) is 29.9 Å². The molecule has 0 unspecified atom stereocenters. The van der Waals surface area contributed by atoms with Gasteiger partial charge in [0.1, 0.15) is 11.6 Å². The summed E-state index contributed by atoms with van der Waals surface area (Å²) in [6, 6.07) is 8.08. The van der Waals surface area contributed by atoms with Crippen molar-refractivity contribution in [3.05, 3.63) is 57.5 Å². The molecule has 0 radical (unpaired) electrons. The van der Waals surface area contributed by atoms with Gasteiger partial charge in [0, 0.05) is 37.8 Å². The predicted molar refractivity (Wildman–Crippen MR) is 113 cm³/mol. The van der Waals surface area contributed by atoms with Gasteiger partial charge in [-0.3, -0.25) is 9.59 Å². The Morgan fingerprint density at radius 1 is 1.18 bits per heavy atom. The molecule has 2 aromatic rings. The van der Waals surface area contributed by atoms with Gasteiger partial charge in [-0.1, -0.05) is 36.9 Å². The first-order valence-electron chi connectivity index (χ1n) is 9.53. The van der Waals surface area contributed by atoms with Gasteiger partial charge in [0.05, 0.1) is 11.5 Å². The zero-order chi connectivity index (χ0) is 19.8. The summed E-state index contributed by atoms with van der Waals surface area (Å²) in [5, 5.41) is 3.88. The van der Waals surface area contributed by atoms with Gasteiger partial charge in [0.2, 0.25) is 0 Å². The maximum Gasteiger partial charge on any atom is 0.257 e. The lowest BCUT2D eigenvalue weighted by molar-refractivity contribution is -0.122. The predicted octanol–water partition coefficient (Wildman–Crippen LogP) is 3.37. The fourth-order valence-corrected chi connectivity index (χ4v) is 4.61. The fourth-order valence-electron chi connectivity index (χ4n) is 4.01. The van der Waals surface area contributed by atoms with Crippen molar-refractivity contribution in [2.45, 2.75) is 30.8 Å². The Labute approximate surface area is 168 Å². The Morgan fingerprint density at radius 3 is 2.61 bits per heavy atom. The minimum atomic E-state index is -0.362. The number of thioether (sulfide) groups is 1. The van der Waals surface area contributed by atoms with Crippen LogP contribution < -0.4 is 15.8 Å². The summed E-state index contributed by atoms with van der Waals surface area (Å²) in [4.78, 5) is 35.4. The molecular formula is C21H24N4O2S. The van der Waals surface area contributed by atoms with Crippen molar-refractivity contribution in [3.8, 4) is 0 Å². The summed E-state index contributed by atoms with van der Waals surface area (Å²) in [7, 11) is 3.98. The summed E-state index contributed by atoms with van der Waals surface area (Å²) in [5.41, 5.74) is 3.28. The minimum absolute atomic E-state index is 0.170. The van der Waals surface area contributed by atoms with Gasteiger partial charge in [0.15, 0.2) is 5.16 Å². The third-order valence-corrected chi connectivity index (χ3v) is 6.08. The van der Waals surface area contributed by atoms with Gasteiger partial charge < -0.3 is 15.2 Å². The summed E-state index contributed by atoms with van der Waals surface area (Å²) >= 11 is 1.50. The van der Waals surface area contributed by atoms with Gasteiger partial charge in [-0.15, -0.1) is 0 Å². The van der Waals surface area contributed by atoms with Crippen LogP contribution in [0, 0.1) is 5.92 Å². The second-order valence-electron chi connectivity index (χ2n) is 7.30. The van der Waals surface area contributed by atoms with E-state index < -0.39 is 0 Å². The number of carbonyl (C=O) groups is 1. The number of nitrogens with one attached hydrogen (secondary N) is 2. The van der Waals surface area contributed by atoms with Crippen molar-refractivity contribution in [1.82, 2.24) is 9.97 Å². The molecule has 1 aromatic heterocycles. The largest absolute Gasteiger partial charge is 0.378 e. The van der Waals surface area contributed by atoms with Crippen LogP contribution in [-0.4, -0.2) is 35.6 Å². The average Bonchev–Trinajstić information content (AvgIpc) is 2.67. The maximum atomic E-state index is 13.0. The van der Waals surface area contributed by atoms with Gasteiger partial charge in [0.25, 0.3) is 5.56 Å². The maximum absolute atomic E-state index is 13.0. The van der Waals surface area contributed by atoms with E-state index in [0.717, 1.165) is 29.1 Å². The second kappa shape index (κ2) is 7.47. The molecule has 2 heterocycles. The standard InChI is InChI=1S/C21H24N4O2S/c1-4-28-21-23-19-18(20(27)24-21)16(12-8-10-13(11-9-12)25(2)3)17-14(22-19)6-5-7-15(17)26/h6,8-11,16-17H,4-5,7H2,1-3H3,(H2,22,23,24,27)/t16-,17-/m0/s1. The highest BCUT2D eigenvalue weighted by atomic mass is 32.2. The highest BCUT2D eigenvalue weighted by Crippen LogP contribution is 2.45. The van der Waals surface area contributed by atoms with Crippen LogP contribution in [-0.2, 0) is 4.79 Å². The van der Waals surface area contributed by atoms with Crippen molar-refractivity contribution in [2.24, 2.45) is 5.92 Å². The molecule has 2 N–H and O–H groups in total. The molecule has 7 heteroatoms. The Balaban J connectivity index is 1.89. The van der Waals surface area contributed by atoms with E-state index in [9.17, 15) is 9.59 Å². The summed E-state index contributed by atoms with van der Waals surface area (Å²) < 4.78 is 0. The van der Waals surface area contributed by atoms with Crippen LogP contribution in [0.15, 0.2) is 46.0 Å². The summed E-state index contributed by atoms with van der Waals surface area (Å²) in [6.07, 6.45) is 3.30. The van der Waals surface area contributed by atoms with E-state index in [1.807, 2.05) is 50.2 Å². The normalized spacial score (nSPS) is 20.7. The zero-order valence-electron chi connectivity index (χ0n) is 16.3. The number of H-pyrrole nitrogens is 1. The molecular weight excluding hydrogens is 372 g/mol. The molecule has 0 fully saturated rings. The molecule has 1 aromatic carbocycles. The van der Waals surface area contributed by atoms with E-state index in [1.54, 1.807) is 0 Å². The van der Waals surface area contributed by atoms with Crippen LogP contribution in [0.2, 0.25) is 0 Å². The van der Waals surface area contributed by atoms with Crippen LogP contribution >= 0.6 is 11.8 Å². The number of rotatable bonds is 4. The third kappa shape index (κ3) is 3.24. The van der Waals surface area contributed by atoms with Gasteiger partial charge in [-0.25, -0.2) is 4.98 Å². The minimum Gasteiger partial charge on any atom is -0.378 e. The monoisotopic (exact) mass is 396 g/mol. The quantitative estimate of drug-likeness (QED) is 0.609. The lowest BCUT2D eigenvalue weighted by atomic mass is 9.72. The molecule has 1 aliphatic heterocycles. The number of hydrogen-bond donors (Lipinski definition) is 2. The topological polar surface area (TPSA) is 78.1 Å². The first-order chi connectivity index (χ1) is 13.5. The van der Waals surface area contributed by atoms with Crippen LogP contribution in [0.25, 0.3) is 0 Å². The zero-order valence-corrected chi connectivity index (χ0v) is 17.1. The first-order valence-corrected chi connectivity index (χ1v) is 10.5. The number of allylic oxidation sites excluding steroid dienone is 2. The van der Waals surface area contributed by atoms with Crippen molar-refractivity contribution in [3.63, 3.8) is 0 Å². The molecule has 4 rings (SSSR count). The van der Waals surface area contributed by atoms with E-state index >= 15 is 0 Å². The molecule has 2 aliphatic rings. The molecule has 28 heavy (non-hydrogen) atoms. The number of benzene rings is 1. The van der Waals surface area contributed by atoms with Crippen molar-refractivity contribution in [1.29, 1.82) is 0 Å². The lowest BCUT2D eigenvalue weighted by Crippen LogP contribution is -2.38. The number of aromatic nitrogens is 2. The number of aromatic amines is 1. The fraction of sp³-hybridized carbons (Fsp3) is 0.381. The Morgan fingerprint density at radius 2 is 1.93 bits per heavy atom. The average molecular weight is 397 g/mol. The Hall–Kier alpha value is -2.54. The van der Waals surface area contributed by atoms with E-state index in [1.165, 1.54) is 11.8 Å². The third-order valence-electron chi connectivity index (χ3n) is 5.33. The molecule has 1 aliphatic carbocycles.